The number of hydrogen-bond acceptors (Lipinski definition) is 2. The van der Waals surface area contributed by atoms with Crippen molar-refractivity contribution in [2.45, 2.75) is 38.6 Å². The van der Waals surface area contributed by atoms with Gasteiger partial charge in [-0.3, -0.25) is 4.79 Å². The highest BCUT2D eigenvalue weighted by molar-refractivity contribution is 6.30. The maximum Gasteiger partial charge on any atom is 0.251 e. The van der Waals surface area contributed by atoms with Gasteiger partial charge in [0.25, 0.3) is 5.91 Å². The van der Waals surface area contributed by atoms with E-state index in [9.17, 15) is 4.79 Å². The molecule has 0 saturated heterocycles. The van der Waals surface area contributed by atoms with Crippen LogP contribution in [0.5, 0.6) is 0 Å². The van der Waals surface area contributed by atoms with Gasteiger partial charge in [0.05, 0.1) is 6.04 Å². The van der Waals surface area contributed by atoms with Crippen molar-refractivity contribution in [1.82, 2.24) is 5.32 Å². The summed E-state index contributed by atoms with van der Waals surface area (Å²) >= 11 is 6.05. The Morgan fingerprint density at radius 3 is 2.72 bits per heavy atom. The Morgan fingerprint density at radius 1 is 1.24 bits per heavy atom. The van der Waals surface area contributed by atoms with E-state index in [0.29, 0.717) is 5.56 Å². The molecule has 0 unspecified atom stereocenters. The number of aryl methyl sites for hydroxylation is 1. The average molecular weight is 357 g/mol. The molecule has 0 aliphatic heterocycles. The predicted molar refractivity (Wildman–Crippen MR) is 105 cm³/mol. The second-order valence-corrected chi connectivity index (χ2v) is 7.17. The zero-order chi connectivity index (χ0) is 17.8. The van der Waals surface area contributed by atoms with E-state index in [4.69, 9.17) is 11.6 Å². The van der Waals surface area contributed by atoms with Crippen molar-refractivity contribution in [3.8, 4) is 0 Å². The molecule has 25 heavy (non-hydrogen) atoms. The van der Waals surface area contributed by atoms with Crippen molar-refractivity contribution in [3.63, 3.8) is 0 Å². The lowest BCUT2D eigenvalue weighted by molar-refractivity contribution is 0.0937. The number of halogens is 1. The number of nitrogens with zero attached hydrogens (tertiary/aromatic N) is 1. The topological polar surface area (TPSA) is 32.3 Å². The van der Waals surface area contributed by atoms with Gasteiger partial charge in [-0.2, -0.15) is 0 Å². The van der Waals surface area contributed by atoms with Gasteiger partial charge in [-0.15, -0.1) is 0 Å². The molecule has 2 aromatic rings. The summed E-state index contributed by atoms with van der Waals surface area (Å²) in [5.41, 5.74) is 4.28. The van der Waals surface area contributed by atoms with Crippen LogP contribution in [0.25, 0.3) is 0 Å². The van der Waals surface area contributed by atoms with Gasteiger partial charge in [0.2, 0.25) is 0 Å². The van der Waals surface area contributed by atoms with Crippen LogP contribution >= 0.6 is 11.6 Å². The molecule has 0 radical (unpaired) electrons. The number of amides is 1. The van der Waals surface area contributed by atoms with Crippen molar-refractivity contribution in [3.05, 3.63) is 64.2 Å². The quantitative estimate of drug-likeness (QED) is 0.790. The van der Waals surface area contributed by atoms with Crippen molar-refractivity contribution < 1.29 is 4.79 Å². The second kappa shape index (κ2) is 7.92. The molecule has 1 N–H and O–H groups in total. The molecule has 1 aliphatic carbocycles. The molecule has 1 atom stereocenters. The van der Waals surface area contributed by atoms with Gasteiger partial charge in [-0.25, -0.2) is 0 Å². The average Bonchev–Trinajstić information content (AvgIpc) is 3.01. The molecule has 132 valence electrons. The van der Waals surface area contributed by atoms with Gasteiger partial charge in [0, 0.05) is 29.9 Å². The summed E-state index contributed by atoms with van der Waals surface area (Å²) < 4.78 is 0. The first kappa shape index (κ1) is 17.8. The van der Waals surface area contributed by atoms with Crippen LogP contribution in [-0.4, -0.2) is 19.5 Å². The first-order chi connectivity index (χ1) is 12.1. The Hall–Kier alpha value is -2.00. The van der Waals surface area contributed by atoms with Crippen LogP contribution in [0.3, 0.4) is 0 Å². The monoisotopic (exact) mass is 356 g/mol. The predicted octanol–water partition coefficient (Wildman–Crippen LogP) is 4.99. The third-order valence-corrected chi connectivity index (χ3v) is 5.14. The molecule has 1 aliphatic rings. The van der Waals surface area contributed by atoms with Crippen molar-refractivity contribution in [2.75, 3.05) is 18.5 Å². The van der Waals surface area contributed by atoms with Crippen molar-refractivity contribution in [2.24, 2.45) is 0 Å². The van der Waals surface area contributed by atoms with E-state index in [1.165, 1.54) is 24.0 Å². The molecular weight excluding hydrogens is 332 g/mol. The minimum atomic E-state index is -0.0180. The molecule has 0 saturated carbocycles. The number of hydrogen-bond donors (Lipinski definition) is 1. The van der Waals surface area contributed by atoms with Gasteiger partial charge in [0.15, 0.2) is 0 Å². The summed E-state index contributed by atoms with van der Waals surface area (Å²) in [6.45, 7) is 3.22. The number of carbonyl (C=O) groups excluding carboxylic acids is 1. The number of benzene rings is 2. The standard InChI is InChI=1S/C21H25ClN2O/c1-3-4-13-24(2)18-9-5-15(6-10-18)21(25)23-20-12-7-16-14-17(22)8-11-19(16)20/h5-6,8-11,14,20H,3-4,7,12-13H2,1-2H3,(H,23,25)/t20-/m0/s1. The number of nitrogens with one attached hydrogen (secondary N) is 1. The molecule has 0 fully saturated rings. The summed E-state index contributed by atoms with van der Waals surface area (Å²) in [6.07, 6.45) is 4.24. The largest absolute Gasteiger partial charge is 0.375 e. The molecular formula is C21H25ClN2O. The summed E-state index contributed by atoms with van der Waals surface area (Å²) in [7, 11) is 2.09. The number of carbonyl (C=O) groups is 1. The van der Waals surface area contributed by atoms with Crippen LogP contribution in [0, 0.1) is 0 Å². The van der Waals surface area contributed by atoms with E-state index >= 15 is 0 Å². The van der Waals surface area contributed by atoms with E-state index < -0.39 is 0 Å². The van der Waals surface area contributed by atoms with Crippen LogP contribution in [0.1, 0.15) is 53.7 Å². The normalized spacial score (nSPS) is 15.7. The number of fused-ring (bicyclic) bond motifs is 1. The Bertz CT molecular complexity index is 742. The van der Waals surface area contributed by atoms with Crippen LogP contribution in [-0.2, 0) is 6.42 Å². The molecule has 0 bridgehead atoms. The molecule has 0 spiro atoms. The van der Waals surface area contributed by atoms with Gasteiger partial charge in [-0.05, 0) is 66.8 Å². The van der Waals surface area contributed by atoms with Crippen molar-refractivity contribution in [1.29, 1.82) is 0 Å². The zero-order valence-corrected chi connectivity index (χ0v) is 15.6. The molecule has 4 heteroatoms. The highest BCUT2D eigenvalue weighted by Crippen LogP contribution is 2.33. The smallest absolute Gasteiger partial charge is 0.251 e. The van der Waals surface area contributed by atoms with Crippen LogP contribution < -0.4 is 10.2 Å². The van der Waals surface area contributed by atoms with Gasteiger partial charge in [0.1, 0.15) is 0 Å². The van der Waals surface area contributed by atoms with E-state index in [1.54, 1.807) is 0 Å². The second-order valence-electron chi connectivity index (χ2n) is 6.73. The molecule has 0 heterocycles. The first-order valence-corrected chi connectivity index (χ1v) is 9.36. The summed E-state index contributed by atoms with van der Waals surface area (Å²) in [6, 6.07) is 13.9. The fourth-order valence-electron chi connectivity index (χ4n) is 3.37. The third kappa shape index (κ3) is 4.16. The fraction of sp³-hybridized carbons (Fsp3) is 0.381. The Balaban J connectivity index is 1.65. The summed E-state index contributed by atoms with van der Waals surface area (Å²) in [5, 5.41) is 3.92. The van der Waals surface area contributed by atoms with E-state index in [-0.39, 0.29) is 11.9 Å². The van der Waals surface area contributed by atoms with Gasteiger partial charge < -0.3 is 10.2 Å². The van der Waals surface area contributed by atoms with Crippen LogP contribution in [0.2, 0.25) is 5.02 Å². The fourth-order valence-corrected chi connectivity index (χ4v) is 3.56. The van der Waals surface area contributed by atoms with Crippen LogP contribution in [0.4, 0.5) is 5.69 Å². The molecule has 3 nitrogen and oxygen atoms in total. The van der Waals surface area contributed by atoms with Gasteiger partial charge >= 0.3 is 0 Å². The minimum absolute atomic E-state index is 0.0180. The number of unbranched alkanes of at least 4 members (excludes halogenated alkanes) is 1. The zero-order valence-electron chi connectivity index (χ0n) is 14.9. The molecule has 2 aromatic carbocycles. The van der Waals surface area contributed by atoms with Crippen molar-refractivity contribution >= 4 is 23.2 Å². The lowest BCUT2D eigenvalue weighted by Crippen LogP contribution is -2.27. The Morgan fingerprint density at radius 2 is 2.00 bits per heavy atom. The lowest BCUT2D eigenvalue weighted by Gasteiger charge is -2.19. The van der Waals surface area contributed by atoms with Gasteiger partial charge in [-0.1, -0.05) is 31.0 Å². The summed E-state index contributed by atoms with van der Waals surface area (Å²) in [4.78, 5) is 14.8. The molecule has 0 aromatic heterocycles. The lowest BCUT2D eigenvalue weighted by atomic mass is 10.1. The maximum atomic E-state index is 12.6. The van der Waals surface area contributed by atoms with E-state index in [2.05, 4.69) is 24.2 Å². The Labute approximate surface area is 155 Å². The highest BCUT2D eigenvalue weighted by atomic mass is 35.5. The third-order valence-electron chi connectivity index (χ3n) is 4.91. The molecule has 1 amide bonds. The SMILES string of the molecule is CCCCN(C)c1ccc(C(=O)N[C@H]2CCc3cc(Cl)ccc32)cc1. The van der Waals surface area contributed by atoms with E-state index in [0.717, 1.165) is 30.1 Å². The first-order valence-electron chi connectivity index (χ1n) is 8.99. The number of anilines is 1. The minimum Gasteiger partial charge on any atom is -0.375 e. The summed E-state index contributed by atoms with van der Waals surface area (Å²) in [5.74, 6) is -0.0180. The highest BCUT2D eigenvalue weighted by Gasteiger charge is 2.24. The maximum absolute atomic E-state index is 12.6. The Kier molecular flexibility index (Phi) is 5.64. The molecule has 3 rings (SSSR count). The number of rotatable bonds is 6. The van der Waals surface area contributed by atoms with E-state index in [1.807, 2.05) is 42.5 Å². The van der Waals surface area contributed by atoms with Crippen LogP contribution in [0.15, 0.2) is 42.5 Å².